The summed E-state index contributed by atoms with van der Waals surface area (Å²) in [5.74, 6) is -0.533. The highest BCUT2D eigenvalue weighted by atomic mass is 16.2. The van der Waals surface area contributed by atoms with Gasteiger partial charge in [-0.25, -0.2) is 0 Å². The molecule has 1 aliphatic heterocycles. The lowest BCUT2D eigenvalue weighted by Gasteiger charge is -2.26. The Morgan fingerprint density at radius 2 is 1.79 bits per heavy atom. The van der Waals surface area contributed by atoms with E-state index >= 15 is 0 Å². The monoisotopic (exact) mass is 446 g/mol. The van der Waals surface area contributed by atoms with Crippen molar-refractivity contribution in [3.05, 3.63) is 65.9 Å². The van der Waals surface area contributed by atoms with Crippen LogP contribution in [0.25, 0.3) is 10.9 Å². The lowest BCUT2D eigenvalue weighted by Crippen LogP contribution is -2.46. The number of amides is 2. The van der Waals surface area contributed by atoms with Crippen molar-refractivity contribution in [2.45, 2.75) is 52.1 Å². The van der Waals surface area contributed by atoms with Crippen LogP contribution in [0.1, 0.15) is 44.2 Å². The van der Waals surface area contributed by atoms with E-state index < -0.39 is 6.04 Å². The summed E-state index contributed by atoms with van der Waals surface area (Å²) in [6.07, 6.45) is 6.16. The number of anilines is 1. The van der Waals surface area contributed by atoms with Crippen LogP contribution in [0.4, 0.5) is 5.69 Å². The number of rotatable bonds is 8. The summed E-state index contributed by atoms with van der Waals surface area (Å²) in [5.41, 5.74) is 3.98. The fourth-order valence-electron chi connectivity index (χ4n) is 4.42. The molecule has 1 atom stereocenters. The highest BCUT2D eigenvalue weighted by Gasteiger charge is 2.24. The van der Waals surface area contributed by atoms with E-state index in [-0.39, 0.29) is 17.7 Å². The van der Waals surface area contributed by atoms with E-state index in [1.165, 1.54) is 24.8 Å². The molecule has 1 unspecified atom stereocenters. The number of carbonyl (C=O) groups is 2. The number of piperidine rings is 1. The number of para-hydroxylation sites is 1. The highest BCUT2D eigenvalue weighted by molar-refractivity contribution is 5.98. The molecular formula is C27H34N4O2. The van der Waals surface area contributed by atoms with Crippen LogP contribution in [0.15, 0.2) is 54.7 Å². The molecular weight excluding hydrogens is 412 g/mol. The number of likely N-dealkylation sites (tertiary alicyclic amines) is 1. The van der Waals surface area contributed by atoms with Crippen LogP contribution in [-0.2, 0) is 22.6 Å². The smallest absolute Gasteiger partial charge is 0.247 e. The second-order valence-electron chi connectivity index (χ2n) is 9.31. The third-order valence-corrected chi connectivity index (χ3v) is 6.31. The number of benzene rings is 2. The predicted molar refractivity (Wildman–Crippen MR) is 133 cm³/mol. The molecule has 0 saturated carbocycles. The van der Waals surface area contributed by atoms with E-state index in [2.05, 4.69) is 26.6 Å². The Morgan fingerprint density at radius 1 is 1.00 bits per heavy atom. The largest absolute Gasteiger partial charge is 0.361 e. The summed E-state index contributed by atoms with van der Waals surface area (Å²) < 4.78 is 0. The van der Waals surface area contributed by atoms with Gasteiger partial charge in [-0.1, -0.05) is 50.6 Å². The lowest BCUT2D eigenvalue weighted by molar-refractivity contribution is -0.128. The minimum absolute atomic E-state index is 0.131. The van der Waals surface area contributed by atoms with Gasteiger partial charge in [0.15, 0.2) is 0 Å². The predicted octanol–water partition coefficient (Wildman–Crippen LogP) is 4.48. The van der Waals surface area contributed by atoms with Gasteiger partial charge in [-0.3, -0.25) is 14.5 Å². The van der Waals surface area contributed by atoms with Gasteiger partial charge in [0.05, 0.1) is 0 Å². The Bertz CT molecular complexity index is 1100. The Hall–Kier alpha value is -3.12. The number of aromatic amines is 1. The zero-order valence-corrected chi connectivity index (χ0v) is 19.6. The van der Waals surface area contributed by atoms with Crippen LogP contribution >= 0.6 is 0 Å². The minimum atomic E-state index is -0.662. The molecule has 6 heteroatoms. The van der Waals surface area contributed by atoms with Crippen molar-refractivity contribution in [1.82, 2.24) is 15.2 Å². The molecule has 0 aliphatic carbocycles. The summed E-state index contributed by atoms with van der Waals surface area (Å²) in [6, 6.07) is 15.4. The normalized spacial score (nSPS) is 15.5. The van der Waals surface area contributed by atoms with Crippen molar-refractivity contribution in [2.75, 3.05) is 18.4 Å². The first kappa shape index (κ1) is 23.1. The molecule has 1 saturated heterocycles. The van der Waals surface area contributed by atoms with Crippen LogP contribution < -0.4 is 10.6 Å². The third kappa shape index (κ3) is 6.02. The molecule has 2 heterocycles. The molecule has 3 N–H and O–H groups in total. The van der Waals surface area contributed by atoms with E-state index in [0.29, 0.717) is 6.42 Å². The maximum Gasteiger partial charge on any atom is 0.247 e. The summed E-state index contributed by atoms with van der Waals surface area (Å²) >= 11 is 0. The number of fused-ring (bicyclic) bond motifs is 1. The molecule has 3 aromatic rings. The van der Waals surface area contributed by atoms with E-state index in [9.17, 15) is 9.59 Å². The number of hydrogen-bond acceptors (Lipinski definition) is 3. The zero-order chi connectivity index (χ0) is 23.2. The van der Waals surface area contributed by atoms with Gasteiger partial charge in [-0.2, -0.15) is 0 Å². The number of nitrogens with one attached hydrogen (secondary N) is 3. The topological polar surface area (TPSA) is 77.2 Å². The van der Waals surface area contributed by atoms with Gasteiger partial charge in [0.2, 0.25) is 11.8 Å². The van der Waals surface area contributed by atoms with Gasteiger partial charge in [-0.05, 0) is 55.3 Å². The first-order valence-electron chi connectivity index (χ1n) is 12.0. The molecule has 0 bridgehead atoms. The molecule has 174 valence electrons. The van der Waals surface area contributed by atoms with Crippen molar-refractivity contribution in [3.8, 4) is 0 Å². The molecule has 33 heavy (non-hydrogen) atoms. The molecule has 4 rings (SSSR count). The van der Waals surface area contributed by atoms with Gasteiger partial charge in [-0.15, -0.1) is 0 Å². The average molecular weight is 447 g/mol. The van der Waals surface area contributed by atoms with Crippen LogP contribution in [-0.4, -0.2) is 40.8 Å². The summed E-state index contributed by atoms with van der Waals surface area (Å²) in [6.45, 7) is 6.82. The number of carbonyl (C=O) groups excluding carboxylic acids is 2. The molecule has 1 aromatic heterocycles. The standard InChI is InChI=1S/C27H34N4O2/c1-19(2)26(32)30-25(16-21-17-28-24-12-5-4-11-23(21)24)27(33)29-22-10-8-9-20(15-22)18-31-13-6-3-7-14-31/h4-5,8-12,15,17,19,25,28H,3,6-7,13-14,16,18H2,1-2H3,(H,29,33)(H,30,32). The minimum Gasteiger partial charge on any atom is -0.361 e. The molecule has 0 spiro atoms. The summed E-state index contributed by atoms with van der Waals surface area (Å²) in [4.78, 5) is 31.5. The van der Waals surface area contributed by atoms with Crippen LogP contribution in [0.3, 0.4) is 0 Å². The molecule has 1 fully saturated rings. The quantitative estimate of drug-likeness (QED) is 0.478. The number of aromatic nitrogens is 1. The van der Waals surface area contributed by atoms with Crippen molar-refractivity contribution in [2.24, 2.45) is 5.92 Å². The van der Waals surface area contributed by atoms with E-state index in [0.717, 1.165) is 41.8 Å². The molecule has 2 amide bonds. The Balaban J connectivity index is 1.49. The molecule has 2 aromatic carbocycles. The van der Waals surface area contributed by atoms with Gasteiger partial charge in [0.25, 0.3) is 0 Å². The summed E-state index contributed by atoms with van der Waals surface area (Å²) in [5, 5.41) is 7.06. The SMILES string of the molecule is CC(C)C(=O)NC(Cc1c[nH]c2ccccc12)C(=O)Nc1cccc(CN2CCCCC2)c1. The first-order valence-corrected chi connectivity index (χ1v) is 12.0. The zero-order valence-electron chi connectivity index (χ0n) is 19.6. The van der Waals surface area contributed by atoms with Gasteiger partial charge in [0.1, 0.15) is 6.04 Å². The average Bonchev–Trinajstić information content (AvgIpc) is 3.22. The second kappa shape index (κ2) is 10.7. The van der Waals surface area contributed by atoms with E-state index in [4.69, 9.17) is 0 Å². The fourth-order valence-corrected chi connectivity index (χ4v) is 4.42. The van der Waals surface area contributed by atoms with Crippen LogP contribution in [0, 0.1) is 5.92 Å². The van der Waals surface area contributed by atoms with Gasteiger partial charge in [0, 0.05) is 41.7 Å². The maximum absolute atomic E-state index is 13.3. The Kier molecular flexibility index (Phi) is 7.45. The molecule has 1 aliphatic rings. The van der Waals surface area contributed by atoms with Crippen LogP contribution in [0.2, 0.25) is 0 Å². The van der Waals surface area contributed by atoms with E-state index in [1.807, 2.05) is 62.5 Å². The Morgan fingerprint density at radius 3 is 2.58 bits per heavy atom. The second-order valence-corrected chi connectivity index (χ2v) is 9.31. The van der Waals surface area contributed by atoms with Crippen molar-refractivity contribution >= 4 is 28.4 Å². The highest BCUT2D eigenvalue weighted by Crippen LogP contribution is 2.21. The number of hydrogen-bond donors (Lipinski definition) is 3. The first-order chi connectivity index (χ1) is 16.0. The number of H-pyrrole nitrogens is 1. The lowest BCUT2D eigenvalue weighted by atomic mass is 10.0. The fraction of sp³-hybridized carbons (Fsp3) is 0.407. The van der Waals surface area contributed by atoms with Crippen molar-refractivity contribution in [3.63, 3.8) is 0 Å². The van der Waals surface area contributed by atoms with Crippen molar-refractivity contribution < 1.29 is 9.59 Å². The summed E-state index contributed by atoms with van der Waals surface area (Å²) in [7, 11) is 0. The van der Waals surface area contributed by atoms with Crippen LogP contribution in [0.5, 0.6) is 0 Å². The Labute approximate surface area is 195 Å². The molecule has 6 nitrogen and oxygen atoms in total. The van der Waals surface area contributed by atoms with Gasteiger partial charge >= 0.3 is 0 Å². The van der Waals surface area contributed by atoms with E-state index in [1.54, 1.807) is 0 Å². The van der Waals surface area contributed by atoms with Crippen molar-refractivity contribution in [1.29, 1.82) is 0 Å². The number of nitrogens with zero attached hydrogens (tertiary/aromatic N) is 1. The molecule has 0 radical (unpaired) electrons. The van der Waals surface area contributed by atoms with Gasteiger partial charge < -0.3 is 15.6 Å². The third-order valence-electron chi connectivity index (χ3n) is 6.31. The maximum atomic E-state index is 13.3.